The second-order valence-corrected chi connectivity index (χ2v) is 5.02. The third-order valence-corrected chi connectivity index (χ3v) is 3.53. The van der Waals surface area contributed by atoms with Gasteiger partial charge in [0.05, 0.1) is 12.8 Å². The van der Waals surface area contributed by atoms with Gasteiger partial charge in [-0.1, -0.05) is 12.1 Å². The molecule has 0 aliphatic carbocycles. The minimum Gasteiger partial charge on any atom is -0.497 e. The van der Waals surface area contributed by atoms with Crippen LogP contribution >= 0.6 is 15.9 Å². The lowest BCUT2D eigenvalue weighted by atomic mass is 10.3. The minimum absolute atomic E-state index is 0.206. The number of nitrogens with one attached hydrogen (secondary N) is 1. The number of anilines is 2. The quantitative estimate of drug-likeness (QED) is 0.916. The van der Waals surface area contributed by atoms with Crippen LogP contribution in [0.4, 0.5) is 16.2 Å². The highest BCUT2D eigenvalue weighted by atomic mass is 79.9. The number of hydrogen-bond donors (Lipinski definition) is 1. The highest BCUT2D eigenvalue weighted by molar-refractivity contribution is 9.10. The minimum atomic E-state index is -0.206. The van der Waals surface area contributed by atoms with E-state index in [1.807, 2.05) is 24.3 Å². The zero-order chi connectivity index (χ0) is 14.5. The van der Waals surface area contributed by atoms with Crippen molar-refractivity contribution >= 4 is 33.3 Å². The zero-order valence-corrected chi connectivity index (χ0v) is 12.8. The topological polar surface area (TPSA) is 41.6 Å². The second kappa shape index (κ2) is 6.43. The van der Waals surface area contributed by atoms with E-state index < -0.39 is 0 Å². The first-order chi connectivity index (χ1) is 9.61. The van der Waals surface area contributed by atoms with E-state index in [9.17, 15) is 4.79 Å². The maximum atomic E-state index is 12.2. The fraction of sp³-hybridized carbons (Fsp3) is 0.133. The van der Waals surface area contributed by atoms with E-state index in [4.69, 9.17) is 4.74 Å². The summed E-state index contributed by atoms with van der Waals surface area (Å²) in [4.78, 5) is 13.7. The van der Waals surface area contributed by atoms with Crippen molar-refractivity contribution in [2.24, 2.45) is 0 Å². The average Bonchev–Trinajstić information content (AvgIpc) is 2.48. The Morgan fingerprint density at radius 2 is 1.80 bits per heavy atom. The summed E-state index contributed by atoms with van der Waals surface area (Å²) in [5, 5.41) is 2.83. The van der Waals surface area contributed by atoms with Crippen molar-refractivity contribution in [2.45, 2.75) is 0 Å². The molecule has 0 saturated carbocycles. The molecule has 1 N–H and O–H groups in total. The molecule has 4 nitrogen and oxygen atoms in total. The molecule has 5 heteroatoms. The standard InChI is InChI=1S/C15H15BrN2O2/c1-18(14-6-4-3-5-13(14)16)15(19)17-11-7-9-12(20-2)10-8-11/h3-10H,1-2H3,(H,17,19). The molecule has 104 valence electrons. The van der Waals surface area contributed by atoms with Gasteiger partial charge in [-0.15, -0.1) is 0 Å². The molecular formula is C15H15BrN2O2. The summed E-state index contributed by atoms with van der Waals surface area (Å²) < 4.78 is 5.95. The molecule has 0 heterocycles. The highest BCUT2D eigenvalue weighted by Crippen LogP contribution is 2.25. The predicted octanol–water partition coefficient (Wildman–Crippen LogP) is 4.13. The molecule has 2 aromatic rings. The van der Waals surface area contributed by atoms with Crippen LogP contribution in [0.1, 0.15) is 0 Å². The van der Waals surface area contributed by atoms with E-state index in [1.165, 1.54) is 0 Å². The van der Waals surface area contributed by atoms with Crippen LogP contribution in [0.2, 0.25) is 0 Å². The summed E-state index contributed by atoms with van der Waals surface area (Å²) >= 11 is 3.43. The van der Waals surface area contributed by atoms with Crippen LogP contribution in [0.15, 0.2) is 53.0 Å². The Labute approximate surface area is 126 Å². The van der Waals surface area contributed by atoms with Gasteiger partial charge in [0.2, 0.25) is 0 Å². The monoisotopic (exact) mass is 334 g/mol. The number of carbonyl (C=O) groups is 1. The van der Waals surface area contributed by atoms with E-state index >= 15 is 0 Å². The van der Waals surface area contributed by atoms with Gasteiger partial charge in [-0.3, -0.25) is 4.90 Å². The first-order valence-corrected chi connectivity index (χ1v) is 6.84. The zero-order valence-electron chi connectivity index (χ0n) is 11.3. The summed E-state index contributed by atoms with van der Waals surface area (Å²) in [6.07, 6.45) is 0. The molecule has 0 unspecified atom stereocenters. The molecule has 2 rings (SSSR count). The van der Waals surface area contributed by atoms with E-state index in [0.29, 0.717) is 0 Å². The van der Waals surface area contributed by atoms with Crippen molar-refractivity contribution in [2.75, 3.05) is 24.4 Å². The lowest BCUT2D eigenvalue weighted by Crippen LogP contribution is -2.31. The lowest BCUT2D eigenvalue weighted by Gasteiger charge is -2.19. The Balaban J connectivity index is 2.09. The molecule has 2 amide bonds. The van der Waals surface area contributed by atoms with Crippen LogP contribution in [0.3, 0.4) is 0 Å². The molecule has 0 aromatic heterocycles. The first kappa shape index (κ1) is 14.4. The molecule has 0 aliphatic rings. The first-order valence-electron chi connectivity index (χ1n) is 6.05. The number of hydrogen-bond acceptors (Lipinski definition) is 2. The van der Waals surface area contributed by atoms with Gasteiger partial charge >= 0.3 is 6.03 Å². The Bertz CT molecular complexity index is 599. The molecule has 0 saturated heterocycles. The van der Waals surface area contributed by atoms with Gasteiger partial charge in [0.25, 0.3) is 0 Å². The second-order valence-electron chi connectivity index (χ2n) is 4.17. The summed E-state index contributed by atoms with van der Waals surface area (Å²) in [5.41, 5.74) is 1.52. The smallest absolute Gasteiger partial charge is 0.326 e. The molecule has 0 spiro atoms. The summed E-state index contributed by atoms with van der Waals surface area (Å²) in [6.45, 7) is 0. The Morgan fingerprint density at radius 1 is 1.15 bits per heavy atom. The molecule has 0 atom stereocenters. The number of methoxy groups -OCH3 is 1. The molecule has 2 aromatic carbocycles. The van der Waals surface area contributed by atoms with E-state index in [-0.39, 0.29) is 6.03 Å². The molecular weight excluding hydrogens is 320 g/mol. The van der Waals surface area contributed by atoms with Gasteiger partial charge in [0.15, 0.2) is 0 Å². The summed E-state index contributed by atoms with van der Waals surface area (Å²) in [7, 11) is 3.33. The summed E-state index contributed by atoms with van der Waals surface area (Å²) in [6, 6.07) is 14.5. The van der Waals surface area contributed by atoms with Gasteiger partial charge in [0, 0.05) is 17.2 Å². The van der Waals surface area contributed by atoms with Crippen molar-refractivity contribution in [1.82, 2.24) is 0 Å². The highest BCUT2D eigenvalue weighted by Gasteiger charge is 2.13. The molecule has 0 bridgehead atoms. The largest absolute Gasteiger partial charge is 0.497 e. The Hall–Kier alpha value is -2.01. The van der Waals surface area contributed by atoms with Gasteiger partial charge in [-0.05, 0) is 52.3 Å². The van der Waals surface area contributed by atoms with Crippen molar-refractivity contribution in [1.29, 1.82) is 0 Å². The van der Waals surface area contributed by atoms with Crippen LogP contribution in [0.5, 0.6) is 5.75 Å². The number of nitrogens with zero attached hydrogens (tertiary/aromatic N) is 1. The van der Waals surface area contributed by atoms with Crippen molar-refractivity contribution in [3.8, 4) is 5.75 Å². The SMILES string of the molecule is COc1ccc(NC(=O)N(C)c2ccccc2Br)cc1. The molecule has 0 radical (unpaired) electrons. The van der Waals surface area contributed by atoms with Crippen molar-refractivity contribution in [3.63, 3.8) is 0 Å². The van der Waals surface area contributed by atoms with Gasteiger partial charge in [0.1, 0.15) is 5.75 Å². The number of rotatable bonds is 3. The third kappa shape index (κ3) is 3.30. The normalized spacial score (nSPS) is 9.95. The Kier molecular flexibility index (Phi) is 4.63. The molecule has 0 aliphatic heterocycles. The molecule has 20 heavy (non-hydrogen) atoms. The molecule has 0 fully saturated rings. The fourth-order valence-electron chi connectivity index (χ4n) is 1.71. The fourth-order valence-corrected chi connectivity index (χ4v) is 2.27. The van der Waals surface area contributed by atoms with Crippen molar-refractivity contribution in [3.05, 3.63) is 53.0 Å². The van der Waals surface area contributed by atoms with Crippen LogP contribution in [-0.4, -0.2) is 20.2 Å². The van der Waals surface area contributed by atoms with Gasteiger partial charge in [-0.2, -0.15) is 0 Å². The van der Waals surface area contributed by atoms with E-state index in [0.717, 1.165) is 21.6 Å². The third-order valence-electron chi connectivity index (χ3n) is 2.86. The maximum Gasteiger partial charge on any atom is 0.326 e. The average molecular weight is 335 g/mol. The lowest BCUT2D eigenvalue weighted by molar-refractivity contribution is 0.258. The van der Waals surface area contributed by atoms with E-state index in [2.05, 4.69) is 21.2 Å². The van der Waals surface area contributed by atoms with E-state index in [1.54, 1.807) is 43.3 Å². The van der Waals surface area contributed by atoms with Crippen LogP contribution in [0, 0.1) is 0 Å². The van der Waals surface area contributed by atoms with Gasteiger partial charge < -0.3 is 10.1 Å². The maximum absolute atomic E-state index is 12.2. The van der Waals surface area contributed by atoms with Crippen LogP contribution in [0.25, 0.3) is 0 Å². The number of amides is 2. The Morgan fingerprint density at radius 3 is 2.40 bits per heavy atom. The van der Waals surface area contributed by atoms with Crippen LogP contribution in [-0.2, 0) is 0 Å². The van der Waals surface area contributed by atoms with Gasteiger partial charge in [-0.25, -0.2) is 4.79 Å². The van der Waals surface area contributed by atoms with Crippen LogP contribution < -0.4 is 15.0 Å². The predicted molar refractivity (Wildman–Crippen MR) is 84.6 cm³/mol. The number of halogens is 1. The van der Waals surface area contributed by atoms with Crippen molar-refractivity contribution < 1.29 is 9.53 Å². The number of para-hydroxylation sites is 1. The number of carbonyl (C=O) groups excluding carboxylic acids is 1. The summed E-state index contributed by atoms with van der Waals surface area (Å²) in [5.74, 6) is 0.752. The number of urea groups is 1. The number of benzene rings is 2. The number of ether oxygens (including phenoxy) is 1.